The molecule has 2 aliphatic rings. The summed E-state index contributed by atoms with van der Waals surface area (Å²) in [7, 11) is 0. The summed E-state index contributed by atoms with van der Waals surface area (Å²) in [5.41, 5.74) is 5.32. The molecule has 0 bridgehead atoms. The zero-order valence-corrected chi connectivity index (χ0v) is 21.3. The number of rotatable bonds is 5. The third-order valence-electron chi connectivity index (χ3n) is 6.19. The van der Waals surface area contributed by atoms with E-state index < -0.39 is 0 Å². The minimum absolute atomic E-state index is 0.0654. The summed E-state index contributed by atoms with van der Waals surface area (Å²) in [4.78, 5) is 3.52. The van der Waals surface area contributed by atoms with Crippen LogP contribution in [0.2, 0.25) is 0 Å². The number of nitrogens with zero attached hydrogens (tertiary/aromatic N) is 3. The van der Waals surface area contributed by atoms with Gasteiger partial charge < -0.3 is 14.4 Å². The van der Waals surface area contributed by atoms with Gasteiger partial charge in [-0.2, -0.15) is 10.5 Å². The van der Waals surface area contributed by atoms with Crippen LogP contribution in [0.15, 0.2) is 102 Å². The van der Waals surface area contributed by atoms with E-state index in [9.17, 15) is 10.5 Å². The molecule has 0 atom stereocenters. The van der Waals surface area contributed by atoms with Crippen molar-refractivity contribution in [3.63, 3.8) is 0 Å². The molecule has 1 fully saturated rings. The van der Waals surface area contributed by atoms with E-state index in [2.05, 4.69) is 59.5 Å². The average molecular weight is 504 g/mol. The quantitative estimate of drug-likeness (QED) is 0.348. The van der Waals surface area contributed by atoms with Crippen molar-refractivity contribution in [3.8, 4) is 34.4 Å². The summed E-state index contributed by atoms with van der Waals surface area (Å²) < 4.78 is 11.6. The molecule has 3 heterocycles. The number of thiophene rings is 1. The molecule has 0 amide bonds. The molecule has 2 aliphatic heterocycles. The molecule has 3 aromatic rings. The fourth-order valence-corrected chi connectivity index (χ4v) is 5.80. The standard InChI is InChI=1S/C31H25N3O2S/c1-22-18-25(26(20-32)21-33)19-27(36-22)12-13-28-29(23-8-4-2-5-9-23)30(24-10-6-3-7-11-24)31(37-28)34-14-16-35-17-15-34/h2-13,18-19H,14-17H2,1H3/b13-12+. The van der Waals surface area contributed by atoms with Crippen molar-refractivity contribution < 1.29 is 9.47 Å². The van der Waals surface area contributed by atoms with Crippen molar-refractivity contribution >= 4 is 22.4 Å². The van der Waals surface area contributed by atoms with Gasteiger partial charge >= 0.3 is 0 Å². The molecule has 182 valence electrons. The van der Waals surface area contributed by atoms with Crippen molar-refractivity contribution in [1.82, 2.24) is 0 Å². The fourth-order valence-electron chi connectivity index (χ4n) is 4.50. The topological polar surface area (TPSA) is 69.3 Å². The van der Waals surface area contributed by atoms with E-state index in [1.54, 1.807) is 23.5 Å². The number of morpholine rings is 1. The first-order chi connectivity index (χ1) is 18.2. The predicted molar refractivity (Wildman–Crippen MR) is 148 cm³/mol. The highest BCUT2D eigenvalue weighted by Gasteiger charge is 2.25. The molecule has 0 radical (unpaired) electrons. The van der Waals surface area contributed by atoms with E-state index in [1.807, 2.05) is 37.3 Å². The van der Waals surface area contributed by atoms with Gasteiger partial charge in [-0.05, 0) is 42.4 Å². The maximum atomic E-state index is 9.33. The minimum Gasteiger partial charge on any atom is -0.462 e. The second-order valence-electron chi connectivity index (χ2n) is 8.64. The van der Waals surface area contributed by atoms with E-state index in [0.717, 1.165) is 23.5 Å². The number of anilines is 1. The number of hydrogen-bond donors (Lipinski definition) is 0. The van der Waals surface area contributed by atoms with Crippen LogP contribution in [0.5, 0.6) is 0 Å². The first-order valence-corrected chi connectivity index (χ1v) is 12.9. The lowest BCUT2D eigenvalue weighted by Gasteiger charge is -2.29. The SMILES string of the molecule is CC1=CC(=C(C#N)C#N)C=C(/C=C/c2sc(N3CCOCC3)c(-c3ccccc3)c2-c2ccccc2)O1. The van der Waals surface area contributed by atoms with E-state index >= 15 is 0 Å². The van der Waals surface area contributed by atoms with Crippen LogP contribution in [0.3, 0.4) is 0 Å². The zero-order chi connectivity index (χ0) is 25.6. The van der Waals surface area contributed by atoms with Crippen LogP contribution in [-0.4, -0.2) is 26.3 Å². The molecule has 1 aromatic heterocycles. The smallest absolute Gasteiger partial charge is 0.137 e. The van der Waals surface area contributed by atoms with Gasteiger partial charge in [-0.25, -0.2) is 0 Å². The maximum Gasteiger partial charge on any atom is 0.137 e. The van der Waals surface area contributed by atoms with Gasteiger partial charge in [0.25, 0.3) is 0 Å². The summed E-state index contributed by atoms with van der Waals surface area (Å²) >= 11 is 1.76. The molecular weight excluding hydrogens is 478 g/mol. The van der Waals surface area contributed by atoms with Crippen LogP contribution < -0.4 is 4.90 Å². The fraction of sp³-hybridized carbons (Fsp3) is 0.161. The molecule has 0 aliphatic carbocycles. The van der Waals surface area contributed by atoms with E-state index in [-0.39, 0.29) is 5.57 Å². The lowest BCUT2D eigenvalue weighted by Crippen LogP contribution is -2.35. The molecule has 37 heavy (non-hydrogen) atoms. The summed E-state index contributed by atoms with van der Waals surface area (Å²) in [6.45, 7) is 4.92. The zero-order valence-electron chi connectivity index (χ0n) is 20.5. The first-order valence-electron chi connectivity index (χ1n) is 12.1. The van der Waals surface area contributed by atoms with Crippen LogP contribution in [0.25, 0.3) is 28.3 Å². The van der Waals surface area contributed by atoms with Gasteiger partial charge in [0.15, 0.2) is 0 Å². The molecule has 0 spiro atoms. The molecule has 6 heteroatoms. The Balaban J connectivity index is 1.67. The Kier molecular flexibility index (Phi) is 7.33. The van der Waals surface area contributed by atoms with Gasteiger partial charge in [0, 0.05) is 34.7 Å². The normalized spacial score (nSPS) is 15.4. The number of ether oxygens (including phenoxy) is 2. The van der Waals surface area contributed by atoms with Crippen LogP contribution in [0.1, 0.15) is 11.8 Å². The molecule has 2 aromatic carbocycles. The molecule has 0 saturated carbocycles. The molecule has 1 saturated heterocycles. The van der Waals surface area contributed by atoms with E-state index in [1.165, 1.54) is 21.7 Å². The molecule has 0 unspecified atom stereocenters. The van der Waals surface area contributed by atoms with Gasteiger partial charge in [0.1, 0.15) is 34.2 Å². The van der Waals surface area contributed by atoms with Crippen molar-refractivity contribution in [3.05, 3.63) is 106 Å². The van der Waals surface area contributed by atoms with Crippen LogP contribution in [-0.2, 0) is 9.47 Å². The summed E-state index contributed by atoms with van der Waals surface area (Å²) in [6.07, 6.45) is 7.44. The molecule has 5 rings (SSSR count). The lowest BCUT2D eigenvalue weighted by atomic mass is 9.95. The molecule has 5 nitrogen and oxygen atoms in total. The van der Waals surface area contributed by atoms with Gasteiger partial charge in [0.2, 0.25) is 0 Å². The Bertz CT molecular complexity index is 1480. The molecule has 0 N–H and O–H groups in total. The van der Waals surface area contributed by atoms with Crippen molar-refractivity contribution in [2.24, 2.45) is 0 Å². The monoisotopic (exact) mass is 503 g/mol. The Labute approximate surface area is 221 Å². The van der Waals surface area contributed by atoms with Crippen LogP contribution in [0, 0.1) is 22.7 Å². The van der Waals surface area contributed by atoms with Crippen LogP contribution >= 0.6 is 11.3 Å². The van der Waals surface area contributed by atoms with Crippen molar-refractivity contribution in [2.75, 3.05) is 31.2 Å². The Hall–Kier alpha value is -4.36. The largest absolute Gasteiger partial charge is 0.462 e. The number of nitriles is 2. The number of hydrogen-bond acceptors (Lipinski definition) is 6. The second-order valence-corrected chi connectivity index (χ2v) is 9.67. The Morgan fingerprint density at radius 3 is 2.11 bits per heavy atom. The van der Waals surface area contributed by atoms with Gasteiger partial charge in [-0.3, -0.25) is 0 Å². The Morgan fingerprint density at radius 1 is 0.865 bits per heavy atom. The maximum absolute atomic E-state index is 9.33. The van der Waals surface area contributed by atoms with Gasteiger partial charge in [0.05, 0.1) is 13.2 Å². The molecular formula is C31H25N3O2S. The van der Waals surface area contributed by atoms with E-state index in [4.69, 9.17) is 9.47 Å². The number of allylic oxidation sites excluding steroid dienone is 6. The summed E-state index contributed by atoms with van der Waals surface area (Å²) in [6, 6.07) is 24.9. The number of benzene rings is 2. The van der Waals surface area contributed by atoms with Crippen molar-refractivity contribution in [2.45, 2.75) is 6.92 Å². The van der Waals surface area contributed by atoms with Crippen LogP contribution in [0.4, 0.5) is 5.00 Å². The predicted octanol–water partition coefficient (Wildman–Crippen LogP) is 7.09. The first kappa shape index (κ1) is 24.3. The Morgan fingerprint density at radius 2 is 1.49 bits per heavy atom. The highest BCUT2D eigenvalue weighted by atomic mass is 32.1. The minimum atomic E-state index is 0.0654. The second kappa shape index (κ2) is 11.1. The third-order valence-corrected chi connectivity index (χ3v) is 7.40. The summed E-state index contributed by atoms with van der Waals surface area (Å²) in [5.74, 6) is 1.22. The van der Waals surface area contributed by atoms with Gasteiger partial charge in [-0.15, -0.1) is 11.3 Å². The van der Waals surface area contributed by atoms with Gasteiger partial charge in [-0.1, -0.05) is 60.7 Å². The highest BCUT2D eigenvalue weighted by Crippen LogP contribution is 2.49. The average Bonchev–Trinajstić information content (AvgIpc) is 3.33. The summed E-state index contributed by atoms with van der Waals surface area (Å²) in [5, 5.41) is 19.9. The highest BCUT2D eigenvalue weighted by molar-refractivity contribution is 7.18. The van der Waals surface area contributed by atoms with Crippen molar-refractivity contribution in [1.29, 1.82) is 10.5 Å². The third kappa shape index (κ3) is 5.27. The van der Waals surface area contributed by atoms with E-state index in [0.29, 0.717) is 30.3 Å². The lowest BCUT2D eigenvalue weighted by molar-refractivity contribution is 0.123.